The van der Waals surface area contributed by atoms with Crippen LogP contribution in [0.2, 0.25) is 0 Å². The van der Waals surface area contributed by atoms with E-state index in [4.69, 9.17) is 4.74 Å². The Morgan fingerprint density at radius 1 is 1.20 bits per heavy atom. The zero-order valence-corrected chi connectivity index (χ0v) is 17.1. The largest absolute Gasteiger partial charge is 0.494 e. The number of rotatable bonds is 6. The predicted octanol–water partition coefficient (Wildman–Crippen LogP) is 4.59. The number of alkyl halides is 3. The van der Waals surface area contributed by atoms with Crippen molar-refractivity contribution in [2.45, 2.75) is 38.9 Å². The number of hydrogen-bond acceptors (Lipinski definition) is 4. The van der Waals surface area contributed by atoms with Gasteiger partial charge in [-0.25, -0.2) is 4.98 Å². The molecule has 1 fully saturated rings. The number of carbonyl (C=O) groups excluding carboxylic acids is 1. The lowest BCUT2D eigenvalue weighted by molar-refractivity contribution is -0.137. The number of amides is 1. The number of hydrogen-bond donors (Lipinski definition) is 1. The van der Waals surface area contributed by atoms with E-state index in [0.29, 0.717) is 38.4 Å². The van der Waals surface area contributed by atoms with E-state index < -0.39 is 11.7 Å². The van der Waals surface area contributed by atoms with Gasteiger partial charge in [-0.3, -0.25) is 4.79 Å². The van der Waals surface area contributed by atoms with Gasteiger partial charge in [0.1, 0.15) is 11.6 Å². The second kappa shape index (κ2) is 9.36. The van der Waals surface area contributed by atoms with E-state index in [1.807, 2.05) is 43.0 Å². The summed E-state index contributed by atoms with van der Waals surface area (Å²) in [6.45, 7) is 5.62. The fourth-order valence-corrected chi connectivity index (χ4v) is 3.55. The summed E-state index contributed by atoms with van der Waals surface area (Å²) in [4.78, 5) is 18.5. The Kier molecular flexibility index (Phi) is 6.84. The molecule has 162 valence electrons. The summed E-state index contributed by atoms with van der Waals surface area (Å²) >= 11 is 0. The van der Waals surface area contributed by atoms with Gasteiger partial charge in [0.2, 0.25) is 5.91 Å². The molecule has 1 aromatic carbocycles. The number of benzene rings is 1. The zero-order valence-electron chi connectivity index (χ0n) is 17.1. The van der Waals surface area contributed by atoms with Crippen molar-refractivity contribution in [2.24, 2.45) is 5.92 Å². The molecule has 5 nitrogen and oxygen atoms in total. The first-order valence-electron chi connectivity index (χ1n) is 10.1. The van der Waals surface area contributed by atoms with Crippen LogP contribution in [0.25, 0.3) is 0 Å². The second-order valence-electron chi connectivity index (χ2n) is 7.40. The van der Waals surface area contributed by atoms with E-state index in [2.05, 4.69) is 10.3 Å². The van der Waals surface area contributed by atoms with Crippen LogP contribution in [0.3, 0.4) is 0 Å². The molecule has 3 rings (SSSR count). The smallest absolute Gasteiger partial charge is 0.417 e. The van der Waals surface area contributed by atoms with Crippen molar-refractivity contribution in [1.82, 2.24) is 10.3 Å². The standard InChI is InChI=1S/C22H26F3N3O2/c1-3-30-19-7-4-16(5-8-19)15(2)27-21(29)17-10-12-28(13-11-17)20-9-6-18(14-26-20)22(23,24)25/h4-9,14-15,17H,3,10-13H2,1-2H3,(H,27,29). The van der Waals surface area contributed by atoms with Gasteiger partial charge in [0.15, 0.2) is 0 Å². The Morgan fingerprint density at radius 2 is 1.87 bits per heavy atom. The molecule has 0 bridgehead atoms. The number of ether oxygens (including phenoxy) is 1. The lowest BCUT2D eigenvalue weighted by Crippen LogP contribution is -2.41. The van der Waals surface area contributed by atoms with E-state index in [1.54, 1.807) is 0 Å². The summed E-state index contributed by atoms with van der Waals surface area (Å²) < 4.78 is 43.5. The van der Waals surface area contributed by atoms with Crippen LogP contribution in [0.1, 0.15) is 43.9 Å². The second-order valence-corrected chi connectivity index (χ2v) is 7.40. The fraction of sp³-hybridized carbons (Fsp3) is 0.455. The van der Waals surface area contributed by atoms with Crippen molar-refractivity contribution in [2.75, 3.05) is 24.6 Å². The summed E-state index contributed by atoms with van der Waals surface area (Å²) in [5.41, 5.74) is 0.238. The third kappa shape index (κ3) is 5.43. The average Bonchev–Trinajstić information content (AvgIpc) is 2.74. The van der Waals surface area contributed by atoms with E-state index in [1.165, 1.54) is 6.07 Å². The van der Waals surface area contributed by atoms with Crippen LogP contribution < -0.4 is 15.0 Å². The molecule has 1 aliphatic heterocycles. The van der Waals surface area contributed by atoms with E-state index in [0.717, 1.165) is 23.6 Å². The number of carbonyl (C=O) groups is 1. The minimum absolute atomic E-state index is 0.00332. The zero-order chi connectivity index (χ0) is 21.7. The third-order valence-electron chi connectivity index (χ3n) is 5.31. The van der Waals surface area contributed by atoms with Crippen molar-refractivity contribution < 1.29 is 22.7 Å². The maximum atomic E-state index is 12.7. The molecular formula is C22H26F3N3O2. The molecule has 1 unspecified atom stereocenters. The maximum absolute atomic E-state index is 12.7. The SMILES string of the molecule is CCOc1ccc(C(C)NC(=O)C2CCN(c3ccc(C(F)(F)F)cn3)CC2)cc1. The summed E-state index contributed by atoms with van der Waals surface area (Å²) in [6.07, 6.45) is -2.28. The van der Waals surface area contributed by atoms with Crippen molar-refractivity contribution >= 4 is 11.7 Å². The van der Waals surface area contributed by atoms with Crippen molar-refractivity contribution in [3.8, 4) is 5.75 Å². The molecule has 0 saturated carbocycles. The monoisotopic (exact) mass is 421 g/mol. The Morgan fingerprint density at radius 3 is 2.40 bits per heavy atom. The van der Waals surface area contributed by atoms with E-state index >= 15 is 0 Å². The molecule has 1 aromatic heterocycles. The number of piperidine rings is 1. The molecule has 1 N–H and O–H groups in total. The van der Waals surface area contributed by atoms with Gasteiger partial charge in [-0.1, -0.05) is 12.1 Å². The summed E-state index contributed by atoms with van der Waals surface area (Å²) in [6, 6.07) is 9.96. The summed E-state index contributed by atoms with van der Waals surface area (Å²) in [5, 5.41) is 3.06. The first kappa shape index (κ1) is 21.9. The van der Waals surface area contributed by atoms with Gasteiger partial charge >= 0.3 is 6.18 Å². The van der Waals surface area contributed by atoms with Gasteiger partial charge in [-0.15, -0.1) is 0 Å². The van der Waals surface area contributed by atoms with Gasteiger partial charge in [0.05, 0.1) is 18.2 Å². The van der Waals surface area contributed by atoms with Crippen LogP contribution in [0, 0.1) is 5.92 Å². The van der Waals surface area contributed by atoms with E-state index in [-0.39, 0.29) is 17.9 Å². The molecule has 1 saturated heterocycles. The minimum atomic E-state index is -4.39. The quantitative estimate of drug-likeness (QED) is 0.741. The number of halogens is 3. The fourth-order valence-electron chi connectivity index (χ4n) is 3.55. The summed E-state index contributed by atoms with van der Waals surface area (Å²) in [5.74, 6) is 1.17. The number of nitrogens with one attached hydrogen (secondary N) is 1. The molecule has 0 spiro atoms. The lowest BCUT2D eigenvalue weighted by Gasteiger charge is -2.32. The molecule has 2 heterocycles. The predicted molar refractivity (Wildman–Crippen MR) is 108 cm³/mol. The van der Waals surface area contributed by atoms with Gasteiger partial charge in [0, 0.05) is 25.2 Å². The van der Waals surface area contributed by atoms with Crippen LogP contribution in [0.4, 0.5) is 19.0 Å². The van der Waals surface area contributed by atoms with Crippen molar-refractivity contribution in [1.29, 1.82) is 0 Å². The highest BCUT2D eigenvalue weighted by atomic mass is 19.4. The highest BCUT2D eigenvalue weighted by Crippen LogP contribution is 2.30. The van der Waals surface area contributed by atoms with Crippen molar-refractivity contribution in [3.05, 3.63) is 53.7 Å². The Hall–Kier alpha value is -2.77. The number of nitrogens with zero attached hydrogens (tertiary/aromatic N) is 2. The number of aromatic nitrogens is 1. The Labute approximate surface area is 174 Å². The van der Waals surface area contributed by atoms with Gasteiger partial charge in [-0.2, -0.15) is 13.2 Å². The Balaban J connectivity index is 1.51. The minimum Gasteiger partial charge on any atom is -0.494 e. The van der Waals surface area contributed by atoms with Gasteiger partial charge < -0.3 is 15.0 Å². The first-order valence-corrected chi connectivity index (χ1v) is 10.1. The van der Waals surface area contributed by atoms with Crippen LogP contribution in [0.15, 0.2) is 42.6 Å². The van der Waals surface area contributed by atoms with Gasteiger partial charge in [0.25, 0.3) is 0 Å². The molecule has 30 heavy (non-hydrogen) atoms. The average molecular weight is 421 g/mol. The number of anilines is 1. The molecular weight excluding hydrogens is 395 g/mol. The third-order valence-corrected chi connectivity index (χ3v) is 5.31. The molecule has 2 aromatic rings. The molecule has 1 amide bonds. The van der Waals surface area contributed by atoms with Crippen LogP contribution in [-0.4, -0.2) is 30.6 Å². The highest BCUT2D eigenvalue weighted by molar-refractivity contribution is 5.79. The molecule has 0 aliphatic carbocycles. The maximum Gasteiger partial charge on any atom is 0.417 e. The van der Waals surface area contributed by atoms with Crippen LogP contribution >= 0.6 is 0 Å². The lowest BCUT2D eigenvalue weighted by atomic mass is 9.95. The molecule has 8 heteroatoms. The molecule has 1 aliphatic rings. The number of pyridine rings is 1. The topological polar surface area (TPSA) is 54.5 Å². The van der Waals surface area contributed by atoms with E-state index in [9.17, 15) is 18.0 Å². The molecule has 0 radical (unpaired) electrons. The van der Waals surface area contributed by atoms with Crippen molar-refractivity contribution in [3.63, 3.8) is 0 Å². The van der Waals surface area contributed by atoms with Gasteiger partial charge in [-0.05, 0) is 56.5 Å². The highest BCUT2D eigenvalue weighted by Gasteiger charge is 2.31. The summed E-state index contributed by atoms with van der Waals surface area (Å²) in [7, 11) is 0. The normalized spacial score (nSPS) is 16.2. The first-order chi connectivity index (χ1) is 14.3. The van der Waals surface area contributed by atoms with Crippen LogP contribution in [0.5, 0.6) is 5.75 Å². The van der Waals surface area contributed by atoms with Crippen LogP contribution in [-0.2, 0) is 11.0 Å². The molecule has 1 atom stereocenters. The Bertz CT molecular complexity index is 830.